The van der Waals surface area contributed by atoms with Crippen molar-refractivity contribution >= 4 is 11.7 Å². The third-order valence-corrected chi connectivity index (χ3v) is 3.36. The molecule has 26 heavy (non-hydrogen) atoms. The highest BCUT2D eigenvalue weighted by Crippen LogP contribution is 2.25. The minimum atomic E-state index is -0.320. The third kappa shape index (κ3) is 4.60. The van der Waals surface area contributed by atoms with Crippen LogP contribution in [0.5, 0.6) is 17.5 Å². The summed E-state index contributed by atoms with van der Waals surface area (Å²) in [7, 11) is 0. The Morgan fingerprint density at radius 3 is 2.65 bits per heavy atom. The van der Waals surface area contributed by atoms with E-state index >= 15 is 0 Å². The van der Waals surface area contributed by atoms with E-state index in [1.54, 1.807) is 24.4 Å². The van der Waals surface area contributed by atoms with Crippen molar-refractivity contribution in [3.8, 4) is 17.5 Å². The molecule has 0 aliphatic heterocycles. The number of ether oxygens (including phenoxy) is 2. The van der Waals surface area contributed by atoms with Gasteiger partial charge in [0.15, 0.2) is 0 Å². The molecule has 0 saturated heterocycles. The van der Waals surface area contributed by atoms with Crippen molar-refractivity contribution < 1.29 is 14.3 Å². The van der Waals surface area contributed by atoms with Crippen LogP contribution < -0.4 is 14.8 Å². The zero-order valence-corrected chi connectivity index (χ0v) is 14.8. The normalized spacial score (nSPS) is 10.6. The van der Waals surface area contributed by atoms with Crippen LogP contribution in [0.15, 0.2) is 48.7 Å². The first-order chi connectivity index (χ1) is 12.5. The van der Waals surface area contributed by atoms with Gasteiger partial charge >= 0.3 is 0 Å². The first-order valence-electron chi connectivity index (χ1n) is 8.23. The lowest BCUT2D eigenvalue weighted by Gasteiger charge is -2.13. The van der Waals surface area contributed by atoms with Gasteiger partial charge in [0.05, 0.1) is 17.9 Å². The van der Waals surface area contributed by atoms with E-state index in [9.17, 15) is 4.79 Å². The van der Waals surface area contributed by atoms with Gasteiger partial charge in [-0.25, -0.2) is 0 Å². The molecule has 0 radical (unpaired) electrons. The number of aromatic amines is 1. The lowest BCUT2D eigenvalue weighted by Crippen LogP contribution is -2.14. The standard InChI is InChI=1S/C19H20N4O3/c1-12(2)25-17-10-14(19(24)21-16-7-8-20-23-16)11-18(22-17)26-15-6-4-5-13(3)9-15/h4-12H,1-3H3,(H2,20,21,23,24). The zero-order chi connectivity index (χ0) is 18.5. The smallest absolute Gasteiger partial charge is 0.257 e. The van der Waals surface area contributed by atoms with Crippen LogP contribution in [0.3, 0.4) is 0 Å². The predicted molar refractivity (Wildman–Crippen MR) is 97.8 cm³/mol. The summed E-state index contributed by atoms with van der Waals surface area (Å²) in [5.41, 5.74) is 1.43. The van der Waals surface area contributed by atoms with Gasteiger partial charge in [-0.3, -0.25) is 9.89 Å². The topological polar surface area (TPSA) is 89.1 Å². The monoisotopic (exact) mass is 352 g/mol. The SMILES string of the molecule is Cc1cccc(Oc2cc(C(=O)Nc3ccn[nH]3)cc(OC(C)C)n2)c1. The van der Waals surface area contributed by atoms with Gasteiger partial charge < -0.3 is 14.8 Å². The van der Waals surface area contributed by atoms with Crippen LogP contribution in [0.2, 0.25) is 0 Å². The predicted octanol–water partition coefficient (Wildman–Crippen LogP) is 3.94. The fraction of sp³-hybridized carbons (Fsp3) is 0.211. The number of carbonyl (C=O) groups is 1. The van der Waals surface area contributed by atoms with Crippen molar-refractivity contribution in [3.05, 3.63) is 59.8 Å². The van der Waals surface area contributed by atoms with E-state index in [4.69, 9.17) is 9.47 Å². The Balaban J connectivity index is 1.89. The number of H-pyrrole nitrogens is 1. The number of rotatable bonds is 6. The molecule has 0 aliphatic carbocycles. The third-order valence-electron chi connectivity index (χ3n) is 3.36. The first kappa shape index (κ1) is 17.5. The molecule has 0 spiro atoms. The van der Waals surface area contributed by atoms with Crippen molar-refractivity contribution in [3.63, 3.8) is 0 Å². The molecule has 1 aromatic carbocycles. The minimum Gasteiger partial charge on any atom is -0.475 e. The van der Waals surface area contributed by atoms with Gasteiger partial charge in [-0.05, 0) is 38.5 Å². The van der Waals surface area contributed by atoms with Gasteiger partial charge in [0, 0.05) is 18.2 Å². The Hall–Kier alpha value is -3.35. The summed E-state index contributed by atoms with van der Waals surface area (Å²) in [4.78, 5) is 16.8. The molecule has 3 rings (SSSR count). The maximum absolute atomic E-state index is 12.5. The minimum absolute atomic E-state index is 0.0831. The Morgan fingerprint density at radius 2 is 1.96 bits per heavy atom. The maximum atomic E-state index is 12.5. The van der Waals surface area contributed by atoms with Gasteiger partial charge in [-0.15, -0.1) is 0 Å². The molecular weight excluding hydrogens is 332 g/mol. The summed E-state index contributed by atoms with van der Waals surface area (Å²) in [6.45, 7) is 5.75. The Kier molecular flexibility index (Phi) is 5.17. The molecule has 7 nitrogen and oxygen atoms in total. The second-order valence-electron chi connectivity index (χ2n) is 6.04. The summed E-state index contributed by atoms with van der Waals surface area (Å²) in [6.07, 6.45) is 1.47. The second kappa shape index (κ2) is 7.69. The fourth-order valence-corrected chi connectivity index (χ4v) is 2.29. The van der Waals surface area contributed by atoms with E-state index in [1.165, 1.54) is 0 Å². The Labute approximate surface area is 151 Å². The molecule has 0 fully saturated rings. The number of amides is 1. The first-order valence-corrected chi connectivity index (χ1v) is 8.23. The van der Waals surface area contributed by atoms with E-state index in [0.717, 1.165) is 5.56 Å². The Morgan fingerprint density at radius 1 is 1.15 bits per heavy atom. The molecule has 1 amide bonds. The number of aromatic nitrogens is 3. The van der Waals surface area contributed by atoms with Gasteiger partial charge in [-0.2, -0.15) is 10.1 Å². The van der Waals surface area contributed by atoms with Crippen molar-refractivity contribution in [1.82, 2.24) is 15.2 Å². The van der Waals surface area contributed by atoms with E-state index < -0.39 is 0 Å². The summed E-state index contributed by atoms with van der Waals surface area (Å²) >= 11 is 0. The van der Waals surface area contributed by atoms with Crippen molar-refractivity contribution in [2.24, 2.45) is 0 Å². The van der Waals surface area contributed by atoms with Crippen LogP contribution in [0.25, 0.3) is 0 Å². The van der Waals surface area contributed by atoms with Gasteiger partial charge in [0.25, 0.3) is 5.91 Å². The Bertz CT molecular complexity index is 892. The number of pyridine rings is 1. The highest BCUT2D eigenvalue weighted by atomic mass is 16.5. The number of nitrogens with one attached hydrogen (secondary N) is 2. The van der Waals surface area contributed by atoms with E-state index in [2.05, 4.69) is 20.5 Å². The molecule has 134 valence electrons. The lowest BCUT2D eigenvalue weighted by atomic mass is 10.2. The van der Waals surface area contributed by atoms with Crippen LogP contribution in [0.1, 0.15) is 29.8 Å². The van der Waals surface area contributed by atoms with Gasteiger partial charge in [0.2, 0.25) is 11.8 Å². The number of carbonyl (C=O) groups excluding carboxylic acids is 1. The van der Waals surface area contributed by atoms with Crippen LogP contribution in [-0.2, 0) is 0 Å². The summed E-state index contributed by atoms with van der Waals surface area (Å²) in [5.74, 6) is 1.42. The number of hydrogen-bond acceptors (Lipinski definition) is 5. The van der Waals surface area contributed by atoms with Gasteiger partial charge in [0.1, 0.15) is 11.6 Å². The molecule has 2 N–H and O–H groups in total. The maximum Gasteiger partial charge on any atom is 0.257 e. The largest absolute Gasteiger partial charge is 0.475 e. The molecule has 2 aromatic heterocycles. The summed E-state index contributed by atoms with van der Waals surface area (Å²) in [5, 5.41) is 9.21. The van der Waals surface area contributed by atoms with Crippen molar-refractivity contribution in [2.75, 3.05) is 5.32 Å². The molecule has 2 heterocycles. The van der Waals surface area contributed by atoms with Gasteiger partial charge in [-0.1, -0.05) is 12.1 Å². The number of nitrogens with zero attached hydrogens (tertiary/aromatic N) is 2. The average Bonchev–Trinajstić information content (AvgIpc) is 3.07. The summed E-state index contributed by atoms with van der Waals surface area (Å²) in [6, 6.07) is 12.4. The molecule has 0 bridgehead atoms. The fourth-order valence-electron chi connectivity index (χ4n) is 2.29. The second-order valence-corrected chi connectivity index (χ2v) is 6.04. The number of anilines is 1. The highest BCUT2D eigenvalue weighted by molar-refractivity contribution is 6.04. The zero-order valence-electron chi connectivity index (χ0n) is 14.8. The van der Waals surface area contributed by atoms with Crippen LogP contribution in [-0.4, -0.2) is 27.2 Å². The van der Waals surface area contributed by atoms with Crippen LogP contribution >= 0.6 is 0 Å². The molecule has 7 heteroatoms. The molecule has 0 saturated carbocycles. The van der Waals surface area contributed by atoms with E-state index in [-0.39, 0.29) is 17.9 Å². The number of hydrogen-bond donors (Lipinski definition) is 2. The number of aryl methyl sites for hydroxylation is 1. The molecule has 0 aliphatic rings. The summed E-state index contributed by atoms with van der Waals surface area (Å²) < 4.78 is 11.5. The van der Waals surface area contributed by atoms with E-state index in [0.29, 0.717) is 23.0 Å². The van der Waals surface area contributed by atoms with Crippen LogP contribution in [0, 0.1) is 6.92 Å². The molecular formula is C19H20N4O3. The molecule has 0 atom stereocenters. The highest BCUT2D eigenvalue weighted by Gasteiger charge is 2.14. The number of benzene rings is 1. The average molecular weight is 352 g/mol. The molecule has 3 aromatic rings. The van der Waals surface area contributed by atoms with Crippen LogP contribution in [0.4, 0.5) is 5.82 Å². The quantitative estimate of drug-likeness (QED) is 0.701. The van der Waals surface area contributed by atoms with Crippen molar-refractivity contribution in [2.45, 2.75) is 26.9 Å². The van der Waals surface area contributed by atoms with Crippen molar-refractivity contribution in [1.29, 1.82) is 0 Å². The lowest BCUT2D eigenvalue weighted by molar-refractivity contribution is 0.102. The van der Waals surface area contributed by atoms with E-state index in [1.807, 2.05) is 45.0 Å². The molecule has 0 unspecified atom stereocenters.